The minimum atomic E-state index is -0.386. The molecule has 0 unspecified atom stereocenters. The Labute approximate surface area is 171 Å². The van der Waals surface area contributed by atoms with Crippen LogP contribution in [0.2, 0.25) is 0 Å². The quantitative estimate of drug-likeness (QED) is 0.372. The molecular weight excluding hydrogens is 366 g/mol. The number of rotatable bonds is 5. The van der Waals surface area contributed by atoms with Gasteiger partial charge in [0.2, 0.25) is 0 Å². The zero-order valence-corrected chi connectivity index (χ0v) is 17.8. The Balaban J connectivity index is 2.06. The average molecular weight is 393 g/mol. The number of aliphatic imine (C=N–C) groups is 1. The van der Waals surface area contributed by atoms with Gasteiger partial charge in [-0.15, -0.1) is 0 Å². The molecule has 2 aromatic rings. The molecule has 0 N–H and O–H groups in total. The molecule has 0 bridgehead atoms. The first-order chi connectivity index (χ1) is 13.7. The second-order valence-corrected chi connectivity index (χ2v) is 7.82. The lowest BCUT2D eigenvalue weighted by molar-refractivity contribution is -0.385. The average Bonchev–Trinajstić information content (AvgIpc) is 2.66. The molecule has 0 saturated heterocycles. The van der Waals surface area contributed by atoms with Crippen LogP contribution in [0, 0.1) is 17.0 Å². The van der Waals surface area contributed by atoms with Crippen LogP contribution in [0.25, 0.3) is 5.57 Å². The van der Waals surface area contributed by atoms with Crippen LogP contribution in [-0.2, 0) is 0 Å². The molecule has 1 heterocycles. The maximum Gasteiger partial charge on any atom is 0.274 e. The third kappa shape index (κ3) is 3.88. The van der Waals surface area contributed by atoms with E-state index in [0.717, 1.165) is 29.1 Å². The number of allylic oxidation sites excluding steroid dienone is 1. The molecule has 0 fully saturated rings. The van der Waals surface area contributed by atoms with Crippen molar-refractivity contribution in [3.05, 3.63) is 63.2 Å². The molecule has 2 aromatic carbocycles. The number of benzene rings is 2. The maximum atomic E-state index is 11.2. The van der Waals surface area contributed by atoms with Gasteiger partial charge in [-0.1, -0.05) is 12.1 Å². The van der Waals surface area contributed by atoms with Crippen molar-refractivity contribution in [1.29, 1.82) is 0 Å². The zero-order chi connectivity index (χ0) is 21.3. The van der Waals surface area contributed by atoms with Gasteiger partial charge in [0, 0.05) is 47.3 Å². The van der Waals surface area contributed by atoms with Crippen LogP contribution in [0.4, 0.5) is 17.1 Å². The maximum absolute atomic E-state index is 11.2. The van der Waals surface area contributed by atoms with Gasteiger partial charge in [-0.3, -0.25) is 15.1 Å². The SMILES string of the molecule is CCN1c2cc(OC)c(C=Nc3ccc(C)c([N+](=O)[O-])c3)cc2C(C)=CC1(C)C. The number of nitrogens with zero attached hydrogens (tertiary/aromatic N) is 3. The summed E-state index contributed by atoms with van der Waals surface area (Å²) in [5.74, 6) is 0.720. The van der Waals surface area contributed by atoms with E-state index in [1.165, 1.54) is 11.6 Å². The number of hydrogen-bond acceptors (Lipinski definition) is 5. The lowest BCUT2D eigenvalue weighted by Gasteiger charge is -2.43. The van der Waals surface area contributed by atoms with E-state index < -0.39 is 0 Å². The van der Waals surface area contributed by atoms with Gasteiger partial charge in [0.25, 0.3) is 5.69 Å². The highest BCUT2D eigenvalue weighted by Gasteiger charge is 2.31. The first-order valence-electron chi connectivity index (χ1n) is 9.66. The van der Waals surface area contributed by atoms with Crippen LogP contribution < -0.4 is 9.64 Å². The monoisotopic (exact) mass is 393 g/mol. The van der Waals surface area contributed by atoms with Crippen LogP contribution in [-0.4, -0.2) is 30.3 Å². The van der Waals surface area contributed by atoms with Gasteiger partial charge in [0.05, 0.1) is 23.3 Å². The normalized spacial score (nSPS) is 15.2. The summed E-state index contributed by atoms with van der Waals surface area (Å²) >= 11 is 0. The second kappa shape index (κ2) is 7.70. The van der Waals surface area contributed by atoms with E-state index in [9.17, 15) is 10.1 Å². The molecule has 1 aliphatic heterocycles. The highest BCUT2D eigenvalue weighted by molar-refractivity contribution is 5.92. The summed E-state index contributed by atoms with van der Waals surface area (Å²) in [4.78, 5) is 17.6. The number of anilines is 1. The van der Waals surface area contributed by atoms with Crippen molar-refractivity contribution in [2.24, 2.45) is 4.99 Å². The predicted molar refractivity (Wildman–Crippen MR) is 119 cm³/mol. The molecular formula is C23H27N3O3. The molecule has 0 spiro atoms. The molecule has 6 nitrogen and oxygen atoms in total. The number of nitro groups is 1. The predicted octanol–water partition coefficient (Wildman–Crippen LogP) is 5.68. The Kier molecular flexibility index (Phi) is 5.46. The topological polar surface area (TPSA) is 68.0 Å². The Bertz CT molecular complexity index is 1020. The molecule has 0 aromatic heterocycles. The van der Waals surface area contributed by atoms with Crippen molar-refractivity contribution in [2.45, 2.75) is 40.2 Å². The van der Waals surface area contributed by atoms with Gasteiger partial charge in [0.1, 0.15) is 5.75 Å². The molecule has 6 heteroatoms. The summed E-state index contributed by atoms with van der Waals surface area (Å²) < 4.78 is 5.63. The zero-order valence-electron chi connectivity index (χ0n) is 17.8. The van der Waals surface area contributed by atoms with E-state index in [1.807, 2.05) is 0 Å². The summed E-state index contributed by atoms with van der Waals surface area (Å²) in [6, 6.07) is 9.10. The number of hydrogen-bond donors (Lipinski definition) is 0. The Morgan fingerprint density at radius 3 is 2.59 bits per heavy atom. The molecule has 0 amide bonds. The van der Waals surface area contributed by atoms with Crippen molar-refractivity contribution in [3.63, 3.8) is 0 Å². The van der Waals surface area contributed by atoms with Gasteiger partial charge >= 0.3 is 0 Å². The largest absolute Gasteiger partial charge is 0.496 e. The molecule has 0 aliphatic carbocycles. The van der Waals surface area contributed by atoms with E-state index in [2.05, 4.69) is 55.8 Å². The minimum absolute atomic E-state index is 0.0663. The first kappa shape index (κ1) is 20.6. The molecule has 0 saturated carbocycles. The van der Waals surface area contributed by atoms with Crippen LogP contribution in [0.3, 0.4) is 0 Å². The lowest BCUT2D eigenvalue weighted by atomic mass is 9.88. The molecule has 3 rings (SSSR count). The molecule has 29 heavy (non-hydrogen) atoms. The molecule has 1 aliphatic rings. The Morgan fingerprint density at radius 2 is 1.97 bits per heavy atom. The molecule has 0 atom stereocenters. The van der Waals surface area contributed by atoms with Crippen molar-refractivity contribution in [2.75, 3.05) is 18.6 Å². The third-order valence-corrected chi connectivity index (χ3v) is 5.39. The number of likely N-dealkylation sites (N-methyl/N-ethyl adjacent to an activating group) is 1. The third-order valence-electron chi connectivity index (χ3n) is 5.39. The van der Waals surface area contributed by atoms with Crippen LogP contribution in [0.15, 0.2) is 41.4 Å². The highest BCUT2D eigenvalue weighted by Crippen LogP contribution is 2.41. The number of aryl methyl sites for hydroxylation is 1. The molecule has 0 radical (unpaired) electrons. The fourth-order valence-electron chi connectivity index (χ4n) is 4.00. The van der Waals surface area contributed by atoms with E-state index in [-0.39, 0.29) is 16.1 Å². The second-order valence-electron chi connectivity index (χ2n) is 7.82. The van der Waals surface area contributed by atoms with Crippen LogP contribution in [0.1, 0.15) is 44.4 Å². The van der Waals surface area contributed by atoms with E-state index >= 15 is 0 Å². The van der Waals surface area contributed by atoms with E-state index in [4.69, 9.17) is 4.74 Å². The van der Waals surface area contributed by atoms with Crippen molar-refractivity contribution < 1.29 is 9.66 Å². The number of methoxy groups -OCH3 is 1. The van der Waals surface area contributed by atoms with Crippen molar-refractivity contribution in [1.82, 2.24) is 0 Å². The summed E-state index contributed by atoms with van der Waals surface area (Å²) in [6.07, 6.45) is 3.98. The van der Waals surface area contributed by atoms with Crippen molar-refractivity contribution in [3.8, 4) is 5.75 Å². The minimum Gasteiger partial charge on any atom is -0.496 e. The summed E-state index contributed by atoms with van der Waals surface area (Å²) in [7, 11) is 1.64. The Hall–Kier alpha value is -3.15. The number of fused-ring (bicyclic) bond motifs is 1. The van der Waals surface area contributed by atoms with Gasteiger partial charge in [-0.25, -0.2) is 0 Å². The van der Waals surface area contributed by atoms with Crippen molar-refractivity contribution >= 4 is 28.8 Å². The van der Waals surface area contributed by atoms with E-state index in [1.54, 1.807) is 32.4 Å². The Morgan fingerprint density at radius 1 is 1.24 bits per heavy atom. The van der Waals surface area contributed by atoms with E-state index in [0.29, 0.717) is 11.3 Å². The smallest absolute Gasteiger partial charge is 0.274 e. The summed E-state index contributed by atoms with van der Waals surface area (Å²) in [5, 5.41) is 11.2. The van der Waals surface area contributed by atoms with Gasteiger partial charge in [0.15, 0.2) is 0 Å². The number of nitro benzene ring substituents is 1. The molecule has 152 valence electrons. The first-order valence-corrected chi connectivity index (χ1v) is 9.66. The fraction of sp³-hybridized carbons (Fsp3) is 0.348. The fourth-order valence-corrected chi connectivity index (χ4v) is 4.00. The lowest BCUT2D eigenvalue weighted by Crippen LogP contribution is -2.44. The van der Waals surface area contributed by atoms with Gasteiger partial charge in [-0.05, 0) is 52.3 Å². The summed E-state index contributed by atoms with van der Waals surface area (Å²) in [6.45, 7) is 11.3. The summed E-state index contributed by atoms with van der Waals surface area (Å²) in [5.41, 5.74) is 5.45. The van der Waals surface area contributed by atoms with Crippen LogP contribution >= 0.6 is 0 Å². The van der Waals surface area contributed by atoms with Crippen LogP contribution in [0.5, 0.6) is 5.75 Å². The number of ether oxygens (including phenoxy) is 1. The van der Waals surface area contributed by atoms with Gasteiger partial charge < -0.3 is 9.64 Å². The highest BCUT2D eigenvalue weighted by atomic mass is 16.6. The standard InChI is InChI=1S/C23H27N3O3/c1-7-25-21-12-22(29-6)17(10-19(21)16(3)13-23(25,4)5)14-24-18-9-8-15(2)20(11-18)26(27)28/h8-14H,7H2,1-6H3. The van der Waals surface area contributed by atoms with Gasteiger partial charge in [-0.2, -0.15) is 0 Å².